The molecule has 1 N–H and O–H groups in total. The van der Waals surface area contributed by atoms with Crippen molar-refractivity contribution in [1.82, 2.24) is 10.2 Å². The van der Waals surface area contributed by atoms with E-state index in [1.165, 1.54) is 19.3 Å². The average molecular weight is 385 g/mol. The number of carbonyl (C=O) groups excluding carboxylic acids is 2. The zero-order valence-electron chi connectivity index (χ0n) is 15.6. The Hall–Kier alpha value is -2.33. The molecule has 1 aliphatic rings. The summed E-state index contributed by atoms with van der Waals surface area (Å²) in [7, 11) is 1.58. The van der Waals surface area contributed by atoms with E-state index in [9.17, 15) is 9.59 Å². The Kier molecular flexibility index (Phi) is 6.51. The van der Waals surface area contributed by atoms with E-state index in [0.717, 1.165) is 37.1 Å². The number of hydrogen-bond donors (Lipinski definition) is 1. The molecule has 1 saturated heterocycles. The van der Waals surface area contributed by atoms with E-state index in [0.29, 0.717) is 16.1 Å². The van der Waals surface area contributed by atoms with Crippen LogP contribution in [0.1, 0.15) is 52.8 Å². The molecule has 0 radical (unpaired) electrons. The van der Waals surface area contributed by atoms with Gasteiger partial charge in [-0.2, -0.15) is 0 Å². The van der Waals surface area contributed by atoms with Crippen LogP contribution in [0.2, 0.25) is 5.02 Å². The second-order valence-corrected chi connectivity index (χ2v) is 7.32. The predicted octanol–water partition coefficient (Wildman–Crippen LogP) is 4.77. The molecular formula is C22H25ClN2O2. The van der Waals surface area contributed by atoms with Crippen molar-refractivity contribution in [2.24, 2.45) is 0 Å². The Morgan fingerprint density at radius 2 is 1.48 bits per heavy atom. The van der Waals surface area contributed by atoms with Crippen LogP contribution in [0.3, 0.4) is 0 Å². The largest absolute Gasteiger partial charge is 0.355 e. The van der Waals surface area contributed by atoms with E-state index in [1.54, 1.807) is 19.2 Å². The van der Waals surface area contributed by atoms with Gasteiger partial charge in [-0.1, -0.05) is 49.1 Å². The molecule has 0 bridgehead atoms. The van der Waals surface area contributed by atoms with E-state index < -0.39 is 0 Å². The van der Waals surface area contributed by atoms with Crippen LogP contribution >= 0.6 is 11.6 Å². The fraction of sp³-hybridized carbons (Fsp3) is 0.364. The summed E-state index contributed by atoms with van der Waals surface area (Å²) in [6, 6.07) is 13.0. The lowest BCUT2D eigenvalue weighted by molar-refractivity contribution is 0.0742. The zero-order chi connectivity index (χ0) is 19.2. The summed E-state index contributed by atoms with van der Waals surface area (Å²) < 4.78 is 0. The van der Waals surface area contributed by atoms with Crippen molar-refractivity contribution >= 4 is 23.4 Å². The van der Waals surface area contributed by atoms with Crippen LogP contribution in [0.15, 0.2) is 42.5 Å². The Morgan fingerprint density at radius 1 is 0.889 bits per heavy atom. The monoisotopic (exact) mass is 384 g/mol. The Labute approximate surface area is 165 Å². The first-order chi connectivity index (χ1) is 13.1. The van der Waals surface area contributed by atoms with Gasteiger partial charge in [0.25, 0.3) is 11.8 Å². The summed E-state index contributed by atoms with van der Waals surface area (Å²) in [5.41, 5.74) is 2.99. The van der Waals surface area contributed by atoms with Gasteiger partial charge >= 0.3 is 0 Å². The van der Waals surface area contributed by atoms with Crippen LogP contribution < -0.4 is 5.32 Å². The number of nitrogens with zero attached hydrogens (tertiary/aromatic N) is 1. The predicted molar refractivity (Wildman–Crippen MR) is 109 cm³/mol. The van der Waals surface area contributed by atoms with Gasteiger partial charge in [-0.15, -0.1) is 0 Å². The highest BCUT2D eigenvalue weighted by molar-refractivity contribution is 6.34. The maximum absolute atomic E-state index is 12.8. The smallest absolute Gasteiger partial charge is 0.253 e. The van der Waals surface area contributed by atoms with Gasteiger partial charge in [0.1, 0.15) is 0 Å². The number of hydrogen-bond acceptors (Lipinski definition) is 2. The van der Waals surface area contributed by atoms with Crippen LogP contribution in [0, 0.1) is 0 Å². The van der Waals surface area contributed by atoms with Crippen LogP contribution in [0.5, 0.6) is 0 Å². The maximum atomic E-state index is 12.8. The fourth-order valence-electron chi connectivity index (χ4n) is 3.45. The van der Waals surface area contributed by atoms with Crippen LogP contribution in [-0.2, 0) is 0 Å². The average Bonchev–Trinajstić information content (AvgIpc) is 2.67. The van der Waals surface area contributed by atoms with E-state index in [2.05, 4.69) is 5.32 Å². The second-order valence-electron chi connectivity index (χ2n) is 6.91. The zero-order valence-corrected chi connectivity index (χ0v) is 16.4. The molecule has 1 fully saturated rings. The summed E-state index contributed by atoms with van der Waals surface area (Å²) in [6.07, 6.45) is 5.84. The molecular weight excluding hydrogens is 360 g/mol. The first-order valence-corrected chi connectivity index (χ1v) is 9.89. The Morgan fingerprint density at radius 3 is 2.11 bits per heavy atom. The Balaban J connectivity index is 1.79. The summed E-state index contributed by atoms with van der Waals surface area (Å²) in [6.45, 7) is 1.68. The summed E-state index contributed by atoms with van der Waals surface area (Å²) in [5.74, 6) is -0.115. The minimum Gasteiger partial charge on any atom is -0.355 e. The highest BCUT2D eigenvalue weighted by Gasteiger charge is 2.17. The number of nitrogens with one attached hydrogen (secondary N) is 1. The molecule has 5 heteroatoms. The van der Waals surface area contributed by atoms with Crippen LogP contribution in [0.4, 0.5) is 0 Å². The number of benzene rings is 2. The number of halogens is 1. The first kappa shape index (κ1) is 19.4. The van der Waals surface area contributed by atoms with Gasteiger partial charge in [-0.3, -0.25) is 9.59 Å². The molecule has 0 atom stereocenters. The number of likely N-dealkylation sites (tertiary alicyclic amines) is 1. The Bertz CT molecular complexity index is 810. The van der Waals surface area contributed by atoms with E-state index in [1.807, 2.05) is 35.2 Å². The summed E-state index contributed by atoms with van der Waals surface area (Å²) in [4.78, 5) is 26.7. The van der Waals surface area contributed by atoms with Gasteiger partial charge in [0, 0.05) is 25.7 Å². The lowest BCUT2D eigenvalue weighted by atomic mass is 10.0. The number of rotatable bonds is 3. The SMILES string of the molecule is CNC(=O)c1cc(-c2ccc(C(=O)N3CCCCCCC3)cc2)ccc1Cl. The van der Waals surface area contributed by atoms with Crippen LogP contribution in [0.25, 0.3) is 11.1 Å². The minimum atomic E-state index is -0.217. The molecule has 3 rings (SSSR count). The molecule has 0 saturated carbocycles. The van der Waals surface area contributed by atoms with E-state index >= 15 is 0 Å². The highest BCUT2D eigenvalue weighted by Crippen LogP contribution is 2.26. The highest BCUT2D eigenvalue weighted by atomic mass is 35.5. The molecule has 2 aromatic carbocycles. The molecule has 2 amide bonds. The van der Waals surface area contributed by atoms with Crippen molar-refractivity contribution in [1.29, 1.82) is 0 Å². The van der Waals surface area contributed by atoms with Crippen molar-refractivity contribution in [2.45, 2.75) is 32.1 Å². The van der Waals surface area contributed by atoms with Gasteiger partial charge in [-0.05, 0) is 48.2 Å². The van der Waals surface area contributed by atoms with Gasteiger partial charge in [0.15, 0.2) is 0 Å². The van der Waals surface area contributed by atoms with Crippen molar-refractivity contribution in [3.05, 3.63) is 58.6 Å². The third kappa shape index (κ3) is 4.69. The molecule has 27 heavy (non-hydrogen) atoms. The van der Waals surface area contributed by atoms with Crippen molar-refractivity contribution in [3.8, 4) is 11.1 Å². The van der Waals surface area contributed by atoms with Crippen LogP contribution in [-0.4, -0.2) is 36.9 Å². The van der Waals surface area contributed by atoms with E-state index in [4.69, 9.17) is 11.6 Å². The number of carbonyl (C=O) groups is 2. The molecule has 0 aromatic heterocycles. The number of amides is 2. The molecule has 0 aliphatic carbocycles. The molecule has 0 unspecified atom stereocenters. The molecule has 1 heterocycles. The second kappa shape index (κ2) is 9.05. The van der Waals surface area contributed by atoms with E-state index in [-0.39, 0.29) is 11.8 Å². The molecule has 4 nitrogen and oxygen atoms in total. The third-order valence-electron chi connectivity index (χ3n) is 5.05. The third-order valence-corrected chi connectivity index (χ3v) is 5.38. The topological polar surface area (TPSA) is 49.4 Å². The van der Waals surface area contributed by atoms with Crippen molar-refractivity contribution < 1.29 is 9.59 Å². The molecule has 142 valence electrons. The molecule has 1 aliphatic heterocycles. The summed E-state index contributed by atoms with van der Waals surface area (Å²) >= 11 is 6.12. The van der Waals surface area contributed by atoms with Gasteiger partial charge < -0.3 is 10.2 Å². The van der Waals surface area contributed by atoms with Gasteiger partial charge in [0.2, 0.25) is 0 Å². The molecule has 2 aromatic rings. The standard InChI is InChI=1S/C22H25ClN2O2/c1-24-21(26)19-15-18(11-12-20(19)23)16-7-9-17(10-8-16)22(27)25-13-5-3-2-4-6-14-25/h7-12,15H,2-6,13-14H2,1H3,(H,24,26). The molecule has 0 spiro atoms. The fourth-order valence-corrected chi connectivity index (χ4v) is 3.66. The lowest BCUT2D eigenvalue weighted by Gasteiger charge is -2.25. The van der Waals surface area contributed by atoms with Gasteiger partial charge in [-0.25, -0.2) is 0 Å². The summed E-state index contributed by atoms with van der Waals surface area (Å²) in [5, 5.41) is 3.02. The normalized spacial score (nSPS) is 15.0. The van der Waals surface area contributed by atoms with Gasteiger partial charge in [0.05, 0.1) is 10.6 Å². The van der Waals surface area contributed by atoms with Crippen molar-refractivity contribution in [3.63, 3.8) is 0 Å². The first-order valence-electron chi connectivity index (χ1n) is 9.51. The lowest BCUT2D eigenvalue weighted by Crippen LogP contribution is -2.33. The minimum absolute atomic E-state index is 0.102. The quantitative estimate of drug-likeness (QED) is 0.828. The van der Waals surface area contributed by atoms with Crippen molar-refractivity contribution in [2.75, 3.05) is 20.1 Å². The maximum Gasteiger partial charge on any atom is 0.253 e.